The summed E-state index contributed by atoms with van der Waals surface area (Å²) in [5, 5.41) is 1.78. The molecule has 0 saturated carbocycles. The van der Waals surface area contributed by atoms with Crippen molar-refractivity contribution in [1.82, 2.24) is 4.98 Å². The largest absolute Gasteiger partial charge is 0.497 e. The van der Waals surface area contributed by atoms with Gasteiger partial charge in [-0.05, 0) is 30.7 Å². The minimum Gasteiger partial charge on any atom is -0.497 e. The van der Waals surface area contributed by atoms with Gasteiger partial charge in [0.1, 0.15) is 5.75 Å². The molecule has 1 N–H and O–H groups in total. The maximum atomic E-state index is 12.3. The van der Waals surface area contributed by atoms with Crippen LogP contribution in [0, 0.1) is 6.92 Å². The molecule has 0 aliphatic heterocycles. The van der Waals surface area contributed by atoms with E-state index in [1.165, 1.54) is 0 Å². The molecule has 0 aliphatic carbocycles. The van der Waals surface area contributed by atoms with Crippen LogP contribution < -0.4 is 10.3 Å². The van der Waals surface area contributed by atoms with E-state index in [9.17, 15) is 4.79 Å². The number of hydrogen-bond acceptors (Lipinski definition) is 2. The number of aryl methyl sites for hydroxylation is 1. The normalized spacial score (nSPS) is 10.8. The summed E-state index contributed by atoms with van der Waals surface area (Å²) in [5.41, 5.74) is 2.51. The van der Waals surface area contributed by atoms with Gasteiger partial charge in [-0.3, -0.25) is 4.79 Å². The van der Waals surface area contributed by atoms with Crippen molar-refractivity contribution in [3.63, 3.8) is 0 Å². The highest BCUT2D eigenvalue weighted by atomic mass is 35.5. The van der Waals surface area contributed by atoms with Crippen LogP contribution in [0.3, 0.4) is 0 Å². The van der Waals surface area contributed by atoms with Gasteiger partial charge in [-0.25, -0.2) is 0 Å². The maximum Gasteiger partial charge on any atom is 0.256 e. The Balaban J connectivity index is 2.29. The Morgan fingerprint density at radius 3 is 2.43 bits per heavy atom. The fourth-order valence-electron chi connectivity index (χ4n) is 2.32. The number of fused-ring (bicyclic) bond motifs is 1. The summed E-state index contributed by atoms with van der Waals surface area (Å²) in [5.74, 6) is 0.632. The predicted octanol–water partition coefficient (Wildman–Crippen LogP) is 4.17. The number of ether oxygens (including phenoxy) is 1. The number of benzene rings is 2. The Morgan fingerprint density at radius 1 is 1.05 bits per heavy atom. The van der Waals surface area contributed by atoms with Crippen molar-refractivity contribution < 1.29 is 4.74 Å². The molecular weight excluding hydrogens is 286 g/mol. The first-order valence-electron chi connectivity index (χ1n) is 6.56. The Hall–Kier alpha value is -2.26. The molecule has 0 fully saturated rings. The molecule has 0 bridgehead atoms. The summed E-state index contributed by atoms with van der Waals surface area (Å²) in [6.45, 7) is 2.01. The molecule has 0 radical (unpaired) electrons. The molecule has 2 aromatic carbocycles. The maximum absolute atomic E-state index is 12.3. The highest BCUT2D eigenvalue weighted by Crippen LogP contribution is 2.32. The molecule has 21 heavy (non-hydrogen) atoms. The quantitative estimate of drug-likeness (QED) is 0.772. The van der Waals surface area contributed by atoms with Crippen molar-refractivity contribution in [1.29, 1.82) is 0 Å². The van der Waals surface area contributed by atoms with Crippen LogP contribution in [0.1, 0.15) is 5.56 Å². The lowest BCUT2D eigenvalue weighted by Gasteiger charge is -2.09. The lowest BCUT2D eigenvalue weighted by atomic mass is 10.1. The van der Waals surface area contributed by atoms with Crippen LogP contribution in [-0.2, 0) is 0 Å². The molecule has 106 valence electrons. The second kappa shape index (κ2) is 5.26. The van der Waals surface area contributed by atoms with E-state index in [2.05, 4.69) is 4.98 Å². The van der Waals surface area contributed by atoms with Gasteiger partial charge < -0.3 is 9.72 Å². The summed E-state index contributed by atoms with van der Waals surface area (Å²) >= 11 is 6.47. The van der Waals surface area contributed by atoms with Crippen LogP contribution in [0.25, 0.3) is 22.0 Å². The SMILES string of the molecule is COc1ccc2c(Cl)c(-c3ccc(C)cc3)[nH]c(=O)c2c1. The van der Waals surface area contributed by atoms with E-state index in [0.29, 0.717) is 21.9 Å². The van der Waals surface area contributed by atoms with Gasteiger partial charge >= 0.3 is 0 Å². The van der Waals surface area contributed by atoms with E-state index in [1.807, 2.05) is 37.3 Å². The van der Waals surface area contributed by atoms with Crippen molar-refractivity contribution in [2.45, 2.75) is 6.92 Å². The smallest absolute Gasteiger partial charge is 0.256 e. The molecule has 3 nitrogen and oxygen atoms in total. The minimum absolute atomic E-state index is 0.177. The second-order valence-corrected chi connectivity index (χ2v) is 5.30. The Labute approximate surface area is 127 Å². The van der Waals surface area contributed by atoms with Gasteiger partial charge in [0.05, 0.1) is 23.2 Å². The van der Waals surface area contributed by atoms with E-state index in [-0.39, 0.29) is 5.56 Å². The number of nitrogens with one attached hydrogen (secondary N) is 1. The lowest BCUT2D eigenvalue weighted by molar-refractivity contribution is 0.415. The average Bonchev–Trinajstić information content (AvgIpc) is 2.51. The van der Waals surface area contributed by atoms with Crippen molar-refractivity contribution in [3.8, 4) is 17.0 Å². The number of halogens is 1. The Morgan fingerprint density at radius 2 is 1.76 bits per heavy atom. The summed E-state index contributed by atoms with van der Waals surface area (Å²) in [4.78, 5) is 15.2. The van der Waals surface area contributed by atoms with Crippen LogP contribution in [-0.4, -0.2) is 12.1 Å². The third-order valence-corrected chi connectivity index (χ3v) is 3.90. The van der Waals surface area contributed by atoms with Crippen LogP contribution in [0.2, 0.25) is 5.02 Å². The van der Waals surface area contributed by atoms with Crippen LogP contribution >= 0.6 is 11.6 Å². The van der Waals surface area contributed by atoms with E-state index in [0.717, 1.165) is 16.5 Å². The fraction of sp³-hybridized carbons (Fsp3) is 0.118. The molecule has 4 heteroatoms. The molecule has 0 saturated heterocycles. The van der Waals surface area contributed by atoms with Crippen LogP contribution in [0.15, 0.2) is 47.3 Å². The van der Waals surface area contributed by atoms with Gasteiger partial charge in [0.2, 0.25) is 0 Å². The Bertz CT molecular complexity index is 866. The number of pyridine rings is 1. The molecule has 0 atom stereocenters. The summed E-state index contributed by atoms with van der Waals surface area (Å²) in [6, 6.07) is 13.2. The first-order chi connectivity index (χ1) is 10.1. The van der Waals surface area contributed by atoms with Gasteiger partial charge in [-0.15, -0.1) is 0 Å². The van der Waals surface area contributed by atoms with Crippen molar-refractivity contribution in [3.05, 3.63) is 63.4 Å². The topological polar surface area (TPSA) is 42.1 Å². The molecule has 0 aliphatic rings. The van der Waals surface area contributed by atoms with Crippen molar-refractivity contribution >= 4 is 22.4 Å². The molecule has 1 heterocycles. The number of H-pyrrole nitrogens is 1. The molecular formula is C17H14ClNO2. The third kappa shape index (κ3) is 2.41. The van der Waals surface area contributed by atoms with Crippen molar-refractivity contribution in [2.75, 3.05) is 7.11 Å². The summed E-state index contributed by atoms with van der Waals surface area (Å²) in [6.07, 6.45) is 0. The van der Waals surface area contributed by atoms with E-state index >= 15 is 0 Å². The highest BCUT2D eigenvalue weighted by molar-refractivity contribution is 6.37. The standard InChI is InChI=1S/C17H14ClNO2/c1-10-3-5-11(6-4-10)16-15(18)13-8-7-12(21-2)9-14(13)17(20)19-16/h3-9H,1-2H3,(H,19,20). The van der Waals surface area contributed by atoms with Gasteiger partial charge in [0.25, 0.3) is 5.56 Å². The molecule has 3 rings (SSSR count). The summed E-state index contributed by atoms with van der Waals surface area (Å²) in [7, 11) is 1.57. The molecule has 0 unspecified atom stereocenters. The lowest BCUT2D eigenvalue weighted by Crippen LogP contribution is -2.08. The van der Waals surface area contributed by atoms with Crippen LogP contribution in [0.5, 0.6) is 5.75 Å². The first kappa shape index (κ1) is 13.7. The third-order valence-electron chi connectivity index (χ3n) is 3.51. The number of rotatable bonds is 2. The van der Waals surface area contributed by atoms with Gasteiger partial charge in [0, 0.05) is 5.39 Å². The van der Waals surface area contributed by atoms with E-state index < -0.39 is 0 Å². The van der Waals surface area contributed by atoms with Gasteiger partial charge in [-0.2, -0.15) is 0 Å². The number of methoxy groups -OCH3 is 1. The zero-order valence-corrected chi connectivity index (χ0v) is 12.5. The zero-order chi connectivity index (χ0) is 15.0. The Kier molecular flexibility index (Phi) is 3.43. The zero-order valence-electron chi connectivity index (χ0n) is 11.7. The van der Waals surface area contributed by atoms with Gasteiger partial charge in [0.15, 0.2) is 0 Å². The number of hydrogen-bond donors (Lipinski definition) is 1. The predicted molar refractivity (Wildman–Crippen MR) is 86.3 cm³/mol. The van der Waals surface area contributed by atoms with Crippen molar-refractivity contribution in [2.24, 2.45) is 0 Å². The highest BCUT2D eigenvalue weighted by Gasteiger charge is 2.12. The number of aromatic nitrogens is 1. The van der Waals surface area contributed by atoms with E-state index in [4.69, 9.17) is 16.3 Å². The molecule has 1 aromatic heterocycles. The van der Waals surface area contributed by atoms with Gasteiger partial charge in [-0.1, -0.05) is 41.4 Å². The fourth-order valence-corrected chi connectivity index (χ4v) is 2.64. The summed E-state index contributed by atoms with van der Waals surface area (Å²) < 4.78 is 5.15. The second-order valence-electron chi connectivity index (χ2n) is 4.92. The number of aromatic amines is 1. The minimum atomic E-state index is -0.177. The molecule has 0 spiro atoms. The monoisotopic (exact) mass is 299 g/mol. The average molecular weight is 300 g/mol. The van der Waals surface area contributed by atoms with E-state index in [1.54, 1.807) is 19.2 Å². The van der Waals surface area contributed by atoms with Crippen LogP contribution in [0.4, 0.5) is 0 Å². The molecule has 3 aromatic rings. The first-order valence-corrected chi connectivity index (χ1v) is 6.94. The molecule has 0 amide bonds.